The molecule has 2 aromatic rings. The van der Waals surface area contributed by atoms with Crippen LogP contribution in [0.15, 0.2) is 53.5 Å². The van der Waals surface area contributed by atoms with Gasteiger partial charge in [0.05, 0.1) is 31.1 Å². The van der Waals surface area contributed by atoms with Crippen molar-refractivity contribution in [1.29, 1.82) is 0 Å². The Kier molecular flexibility index (Phi) is 4.83. The van der Waals surface area contributed by atoms with Crippen LogP contribution in [0.4, 0.5) is 16.2 Å². The fourth-order valence-electron chi connectivity index (χ4n) is 4.66. The minimum absolute atomic E-state index is 0.0101. The highest BCUT2D eigenvalue weighted by molar-refractivity contribution is 6.19. The molecule has 0 saturated carbocycles. The number of hydrogen-bond donors (Lipinski definition) is 0. The van der Waals surface area contributed by atoms with Crippen LogP contribution in [0.5, 0.6) is 5.75 Å². The smallest absolute Gasteiger partial charge is 0.329 e. The number of amidine groups is 1. The number of fused-ring (bicyclic) bond motifs is 3. The molecular weight excluding hydrogens is 378 g/mol. The molecule has 7 nitrogen and oxygen atoms in total. The van der Waals surface area contributed by atoms with Crippen molar-refractivity contribution in [1.82, 2.24) is 9.80 Å². The number of carbonyl (C=O) groups excluding carboxylic acids is 1. The Hall–Kier alpha value is -3.06. The van der Waals surface area contributed by atoms with Crippen molar-refractivity contribution in [2.75, 3.05) is 63.2 Å². The molecule has 3 heterocycles. The van der Waals surface area contributed by atoms with Gasteiger partial charge in [-0.15, -0.1) is 0 Å². The van der Waals surface area contributed by atoms with Crippen LogP contribution in [0.3, 0.4) is 0 Å². The second-order valence-electron chi connectivity index (χ2n) is 8.04. The molecule has 3 aliphatic rings. The lowest BCUT2D eigenvalue weighted by atomic mass is 10.1. The van der Waals surface area contributed by atoms with Crippen LogP contribution in [0.25, 0.3) is 0 Å². The first-order valence-electron chi connectivity index (χ1n) is 10.5. The summed E-state index contributed by atoms with van der Waals surface area (Å²) in [6.07, 6.45) is 0. The fourth-order valence-corrected chi connectivity index (χ4v) is 4.66. The third kappa shape index (κ3) is 3.19. The summed E-state index contributed by atoms with van der Waals surface area (Å²) in [6, 6.07) is 16.3. The van der Waals surface area contributed by atoms with Gasteiger partial charge in [0.1, 0.15) is 11.6 Å². The summed E-state index contributed by atoms with van der Waals surface area (Å²) in [5.41, 5.74) is 3.13. The number of nitrogens with zero attached hydrogens (tertiary/aromatic N) is 5. The molecule has 0 bridgehead atoms. The minimum Gasteiger partial charge on any atom is -0.495 e. The van der Waals surface area contributed by atoms with Gasteiger partial charge >= 0.3 is 6.03 Å². The molecule has 5 rings (SSSR count). The maximum atomic E-state index is 12.8. The monoisotopic (exact) mass is 405 g/mol. The van der Waals surface area contributed by atoms with E-state index in [2.05, 4.69) is 28.0 Å². The molecule has 1 fully saturated rings. The topological polar surface area (TPSA) is 51.6 Å². The number of ether oxygens (including phenoxy) is 1. The maximum Gasteiger partial charge on any atom is 0.329 e. The Morgan fingerprint density at radius 3 is 2.47 bits per heavy atom. The van der Waals surface area contributed by atoms with Gasteiger partial charge in [-0.2, -0.15) is 0 Å². The molecule has 156 valence electrons. The Labute approximate surface area is 177 Å². The number of urea groups is 1. The second-order valence-corrected chi connectivity index (χ2v) is 8.04. The Bertz CT molecular complexity index is 983. The van der Waals surface area contributed by atoms with Crippen molar-refractivity contribution >= 4 is 23.2 Å². The molecule has 0 N–H and O–H groups in total. The van der Waals surface area contributed by atoms with Gasteiger partial charge in [0, 0.05) is 45.3 Å². The van der Waals surface area contributed by atoms with Gasteiger partial charge in [-0.05, 0) is 24.3 Å². The number of rotatable bonds is 4. The van der Waals surface area contributed by atoms with Crippen molar-refractivity contribution in [3.05, 3.63) is 54.1 Å². The van der Waals surface area contributed by atoms with E-state index in [1.54, 1.807) is 12.0 Å². The summed E-state index contributed by atoms with van der Waals surface area (Å²) >= 11 is 0. The van der Waals surface area contributed by atoms with Gasteiger partial charge in [0.15, 0.2) is 0 Å². The molecular formula is C23H27N5O2. The number of hydrogen-bond acceptors (Lipinski definition) is 5. The first kappa shape index (κ1) is 18.9. The van der Waals surface area contributed by atoms with Crippen LogP contribution in [0.1, 0.15) is 5.56 Å². The van der Waals surface area contributed by atoms with Crippen LogP contribution in [-0.2, 0) is 0 Å². The van der Waals surface area contributed by atoms with Gasteiger partial charge in [0.25, 0.3) is 0 Å². The average molecular weight is 406 g/mol. The first-order valence-corrected chi connectivity index (χ1v) is 10.5. The summed E-state index contributed by atoms with van der Waals surface area (Å²) in [4.78, 5) is 26.2. The van der Waals surface area contributed by atoms with E-state index < -0.39 is 0 Å². The summed E-state index contributed by atoms with van der Waals surface area (Å²) in [6.45, 7) is 5.39. The molecule has 0 aromatic heterocycles. The number of carbonyl (C=O) groups is 1. The molecule has 0 unspecified atom stereocenters. The number of aliphatic imine (C=N–C) groups is 1. The van der Waals surface area contributed by atoms with Gasteiger partial charge in [-0.3, -0.25) is 19.7 Å². The lowest BCUT2D eigenvalue weighted by Crippen LogP contribution is -2.50. The third-order valence-corrected chi connectivity index (χ3v) is 6.25. The highest BCUT2D eigenvalue weighted by Gasteiger charge is 2.39. The van der Waals surface area contributed by atoms with Gasteiger partial charge in [-0.1, -0.05) is 24.3 Å². The zero-order chi connectivity index (χ0) is 20.7. The highest BCUT2D eigenvalue weighted by Crippen LogP contribution is 2.32. The van der Waals surface area contributed by atoms with Gasteiger partial charge in [0.2, 0.25) is 0 Å². The number of methoxy groups -OCH3 is 1. The van der Waals surface area contributed by atoms with Crippen molar-refractivity contribution in [3.63, 3.8) is 0 Å². The zero-order valence-corrected chi connectivity index (χ0v) is 17.5. The molecule has 30 heavy (non-hydrogen) atoms. The number of benzene rings is 2. The highest BCUT2D eigenvalue weighted by atomic mass is 16.5. The third-order valence-electron chi connectivity index (χ3n) is 6.25. The average Bonchev–Trinajstić information content (AvgIpc) is 3.22. The van der Waals surface area contributed by atoms with Crippen LogP contribution in [-0.4, -0.2) is 81.1 Å². The quantitative estimate of drug-likeness (QED) is 0.784. The van der Waals surface area contributed by atoms with E-state index in [-0.39, 0.29) is 12.1 Å². The summed E-state index contributed by atoms with van der Waals surface area (Å²) in [5.74, 6) is 1.75. The van der Waals surface area contributed by atoms with E-state index in [0.29, 0.717) is 6.54 Å². The molecule has 1 atom stereocenters. The second kappa shape index (κ2) is 7.65. The van der Waals surface area contributed by atoms with Crippen molar-refractivity contribution in [2.24, 2.45) is 4.99 Å². The molecule has 0 radical (unpaired) electrons. The lowest BCUT2D eigenvalue weighted by molar-refractivity contribution is 0.219. The van der Waals surface area contributed by atoms with Crippen molar-refractivity contribution in [3.8, 4) is 5.75 Å². The van der Waals surface area contributed by atoms with Gasteiger partial charge < -0.3 is 9.64 Å². The minimum atomic E-state index is 0.0101. The summed E-state index contributed by atoms with van der Waals surface area (Å²) in [7, 11) is 3.56. The largest absolute Gasteiger partial charge is 0.495 e. The number of anilines is 2. The van der Waals surface area contributed by atoms with Crippen LogP contribution >= 0.6 is 0 Å². The summed E-state index contributed by atoms with van der Waals surface area (Å²) < 4.78 is 5.52. The summed E-state index contributed by atoms with van der Waals surface area (Å²) in [5, 5.41) is 0. The van der Waals surface area contributed by atoms with Crippen molar-refractivity contribution < 1.29 is 9.53 Å². The zero-order valence-electron chi connectivity index (χ0n) is 17.5. The van der Waals surface area contributed by atoms with Crippen LogP contribution in [0.2, 0.25) is 0 Å². The van der Waals surface area contributed by atoms with E-state index in [0.717, 1.165) is 61.2 Å². The Balaban J connectivity index is 1.26. The van der Waals surface area contributed by atoms with E-state index >= 15 is 0 Å². The maximum absolute atomic E-state index is 12.8. The van der Waals surface area contributed by atoms with E-state index in [1.165, 1.54) is 0 Å². The molecule has 7 heteroatoms. The van der Waals surface area contributed by atoms with E-state index in [4.69, 9.17) is 9.73 Å². The normalized spacial score (nSPS) is 21.4. The van der Waals surface area contributed by atoms with Crippen LogP contribution in [0, 0.1) is 0 Å². The molecule has 0 spiro atoms. The van der Waals surface area contributed by atoms with Crippen molar-refractivity contribution in [2.45, 2.75) is 6.04 Å². The fraction of sp³-hybridized carbons (Fsp3) is 0.391. The molecule has 0 aliphatic carbocycles. The SMILES string of the molecule is COc1ccccc1N1CCN(C[C@@H]2CN3C(=O)N(C)c4ccccc4C3=N2)CC1. The number of para-hydroxylation sites is 3. The Morgan fingerprint density at radius 2 is 1.70 bits per heavy atom. The van der Waals surface area contributed by atoms with Gasteiger partial charge in [-0.25, -0.2) is 4.79 Å². The predicted molar refractivity (Wildman–Crippen MR) is 119 cm³/mol. The lowest BCUT2D eigenvalue weighted by Gasteiger charge is -2.37. The first-order chi connectivity index (χ1) is 14.7. The number of amides is 2. The molecule has 2 aromatic carbocycles. The predicted octanol–water partition coefficient (Wildman–Crippen LogP) is 2.52. The molecule has 2 amide bonds. The Morgan fingerprint density at radius 1 is 1.00 bits per heavy atom. The molecule has 1 saturated heterocycles. The van der Waals surface area contributed by atoms with E-state index in [9.17, 15) is 4.79 Å². The number of piperazine rings is 1. The van der Waals surface area contributed by atoms with E-state index in [1.807, 2.05) is 42.3 Å². The standard InChI is InChI=1S/C23H27N5O2/c1-25-19-8-4-3-7-18(19)22-24-17(16-28(22)23(25)29)15-26-11-13-27(14-12-26)20-9-5-6-10-21(20)30-2/h3-10,17H,11-16H2,1-2H3/t17-/m1/s1. The molecule has 3 aliphatic heterocycles. The van der Waals surface area contributed by atoms with Crippen LogP contribution < -0.4 is 14.5 Å².